The molecule has 0 bridgehead atoms. The quantitative estimate of drug-likeness (QED) is 0.797. The first-order valence-electron chi connectivity index (χ1n) is 6.52. The van der Waals surface area contributed by atoms with Gasteiger partial charge in [-0.3, -0.25) is 4.79 Å². The Hall–Kier alpha value is -0.910. The summed E-state index contributed by atoms with van der Waals surface area (Å²) in [4.78, 5) is 12.2. The van der Waals surface area contributed by atoms with Crippen molar-refractivity contribution in [1.29, 1.82) is 0 Å². The zero-order valence-corrected chi connectivity index (χ0v) is 12.3. The first kappa shape index (κ1) is 14.5. The fraction of sp³-hybridized carbons (Fsp3) is 0.500. The van der Waals surface area contributed by atoms with E-state index in [-0.39, 0.29) is 18.4 Å². The number of amides is 1. The minimum Gasteiger partial charge on any atom is -0.389 e. The van der Waals surface area contributed by atoms with Crippen LogP contribution in [-0.2, 0) is 4.79 Å². The molecule has 1 aliphatic rings. The predicted molar refractivity (Wildman–Crippen MR) is 78.7 cm³/mol. The van der Waals surface area contributed by atoms with Crippen molar-refractivity contribution in [2.75, 3.05) is 11.9 Å². The third-order valence-electron chi connectivity index (χ3n) is 3.80. The van der Waals surface area contributed by atoms with E-state index in [4.69, 9.17) is 5.73 Å². The summed E-state index contributed by atoms with van der Waals surface area (Å²) in [6, 6.07) is 7.54. The number of aliphatic hydroxyl groups is 1. The van der Waals surface area contributed by atoms with E-state index >= 15 is 0 Å². The van der Waals surface area contributed by atoms with Gasteiger partial charge in [-0.25, -0.2) is 0 Å². The highest BCUT2D eigenvalue weighted by atomic mass is 79.9. The number of nitrogens with two attached hydrogens (primary N) is 1. The first-order chi connectivity index (χ1) is 9.04. The second-order valence-corrected chi connectivity index (χ2v) is 6.03. The number of nitrogens with one attached hydrogen (secondary N) is 1. The van der Waals surface area contributed by atoms with Crippen molar-refractivity contribution in [3.63, 3.8) is 0 Å². The number of hydrogen-bond donors (Lipinski definition) is 3. The molecule has 1 aromatic carbocycles. The molecule has 1 aliphatic carbocycles. The maximum Gasteiger partial charge on any atom is 0.227 e. The van der Waals surface area contributed by atoms with E-state index in [1.807, 2.05) is 24.3 Å². The number of benzene rings is 1. The molecule has 0 unspecified atom stereocenters. The summed E-state index contributed by atoms with van der Waals surface area (Å²) < 4.78 is 0.873. The Balaban J connectivity index is 1.94. The Bertz CT molecular complexity index is 457. The van der Waals surface area contributed by atoms with Crippen LogP contribution in [0.1, 0.15) is 25.7 Å². The van der Waals surface area contributed by atoms with Gasteiger partial charge in [0, 0.05) is 16.9 Å². The summed E-state index contributed by atoms with van der Waals surface area (Å²) in [5.74, 6) is -0.0232. The second kappa shape index (κ2) is 6.03. The van der Waals surface area contributed by atoms with Crippen molar-refractivity contribution in [3.05, 3.63) is 28.7 Å². The van der Waals surface area contributed by atoms with Gasteiger partial charge in [0.25, 0.3) is 0 Å². The van der Waals surface area contributed by atoms with E-state index in [0.29, 0.717) is 25.7 Å². The third-order valence-corrected chi connectivity index (χ3v) is 4.49. The van der Waals surface area contributed by atoms with Gasteiger partial charge >= 0.3 is 0 Å². The van der Waals surface area contributed by atoms with Crippen molar-refractivity contribution in [3.8, 4) is 0 Å². The molecule has 0 aromatic heterocycles. The summed E-state index contributed by atoms with van der Waals surface area (Å²) in [5, 5.41) is 13.0. The van der Waals surface area contributed by atoms with Crippen LogP contribution in [0.25, 0.3) is 0 Å². The van der Waals surface area contributed by atoms with Crippen molar-refractivity contribution < 1.29 is 9.90 Å². The first-order valence-corrected chi connectivity index (χ1v) is 7.31. The second-order valence-electron chi connectivity index (χ2n) is 5.17. The lowest BCUT2D eigenvalue weighted by molar-refractivity contribution is -0.122. The Morgan fingerprint density at radius 2 is 2.05 bits per heavy atom. The molecule has 1 saturated carbocycles. The van der Waals surface area contributed by atoms with Gasteiger partial charge in [-0.05, 0) is 53.7 Å². The van der Waals surface area contributed by atoms with Crippen LogP contribution in [0.4, 0.5) is 5.69 Å². The van der Waals surface area contributed by atoms with E-state index < -0.39 is 5.60 Å². The lowest BCUT2D eigenvalue weighted by atomic mass is 9.78. The highest BCUT2D eigenvalue weighted by molar-refractivity contribution is 9.10. The molecule has 0 aliphatic heterocycles. The molecule has 19 heavy (non-hydrogen) atoms. The number of para-hydroxylation sites is 1. The Morgan fingerprint density at radius 1 is 1.42 bits per heavy atom. The van der Waals surface area contributed by atoms with Gasteiger partial charge in [0.15, 0.2) is 0 Å². The minimum atomic E-state index is -0.774. The normalized spacial score (nSPS) is 27.0. The van der Waals surface area contributed by atoms with Gasteiger partial charge in [0.1, 0.15) is 0 Å². The standard InChI is InChI=1S/C14H19BrN2O2/c15-11-3-1-2-4-12(11)17-13(18)10-5-7-14(19,9-16)8-6-10/h1-4,10,19H,5-9,16H2,(H,17,18). The van der Waals surface area contributed by atoms with Crippen molar-refractivity contribution >= 4 is 27.5 Å². The van der Waals surface area contributed by atoms with E-state index in [9.17, 15) is 9.90 Å². The topological polar surface area (TPSA) is 75.3 Å². The molecule has 1 fully saturated rings. The Kier molecular flexibility index (Phi) is 4.60. The molecule has 0 saturated heterocycles. The van der Waals surface area contributed by atoms with E-state index in [1.165, 1.54) is 0 Å². The molecule has 4 N–H and O–H groups in total. The summed E-state index contributed by atoms with van der Waals surface area (Å²) in [6.45, 7) is 0.269. The monoisotopic (exact) mass is 326 g/mol. The Morgan fingerprint density at radius 3 is 2.63 bits per heavy atom. The molecule has 4 nitrogen and oxygen atoms in total. The summed E-state index contributed by atoms with van der Waals surface area (Å²) in [5.41, 5.74) is 5.56. The van der Waals surface area contributed by atoms with Gasteiger partial charge < -0.3 is 16.2 Å². The zero-order chi connectivity index (χ0) is 13.9. The average Bonchev–Trinajstić information content (AvgIpc) is 2.42. The molecule has 1 aromatic rings. The number of hydrogen-bond acceptors (Lipinski definition) is 3. The van der Waals surface area contributed by atoms with E-state index in [2.05, 4.69) is 21.2 Å². The predicted octanol–water partition coefficient (Wildman–Crippen LogP) is 2.27. The van der Waals surface area contributed by atoms with E-state index in [1.54, 1.807) is 0 Å². The van der Waals surface area contributed by atoms with Crippen molar-refractivity contribution in [1.82, 2.24) is 0 Å². The molecule has 5 heteroatoms. The number of halogens is 1. The molecule has 0 heterocycles. The number of carbonyl (C=O) groups is 1. The maximum absolute atomic E-state index is 12.2. The fourth-order valence-corrected chi connectivity index (χ4v) is 2.80. The average molecular weight is 327 g/mol. The highest BCUT2D eigenvalue weighted by Gasteiger charge is 2.34. The van der Waals surface area contributed by atoms with Gasteiger partial charge in [-0.1, -0.05) is 12.1 Å². The molecule has 0 atom stereocenters. The smallest absolute Gasteiger partial charge is 0.227 e. The molecular weight excluding hydrogens is 308 g/mol. The van der Waals surface area contributed by atoms with Crippen molar-refractivity contribution in [2.24, 2.45) is 11.7 Å². The van der Waals surface area contributed by atoms with Crippen LogP contribution in [0.5, 0.6) is 0 Å². The van der Waals surface area contributed by atoms with Crippen molar-refractivity contribution in [2.45, 2.75) is 31.3 Å². The Labute approximate surface area is 121 Å². The van der Waals surface area contributed by atoms with Gasteiger partial charge in [0.2, 0.25) is 5.91 Å². The maximum atomic E-state index is 12.2. The van der Waals surface area contributed by atoms with Crippen LogP contribution < -0.4 is 11.1 Å². The van der Waals surface area contributed by atoms with Crippen LogP contribution in [0.15, 0.2) is 28.7 Å². The number of carbonyl (C=O) groups excluding carboxylic acids is 1. The van der Waals surface area contributed by atoms with Gasteiger partial charge in [-0.2, -0.15) is 0 Å². The van der Waals surface area contributed by atoms with Crippen LogP contribution in [-0.4, -0.2) is 23.2 Å². The lowest BCUT2D eigenvalue weighted by Crippen LogP contribution is -2.43. The van der Waals surface area contributed by atoms with E-state index in [0.717, 1.165) is 10.2 Å². The highest BCUT2D eigenvalue weighted by Crippen LogP contribution is 2.32. The molecule has 0 radical (unpaired) electrons. The number of rotatable bonds is 3. The summed E-state index contributed by atoms with van der Waals surface area (Å²) in [6.07, 6.45) is 2.56. The van der Waals surface area contributed by atoms with Crippen LogP contribution in [0.2, 0.25) is 0 Å². The molecule has 104 valence electrons. The third kappa shape index (κ3) is 3.55. The lowest BCUT2D eigenvalue weighted by Gasteiger charge is -2.34. The summed E-state index contributed by atoms with van der Waals surface area (Å²) in [7, 11) is 0. The minimum absolute atomic E-state index is 0.0194. The van der Waals surface area contributed by atoms with Crippen LogP contribution >= 0.6 is 15.9 Å². The zero-order valence-electron chi connectivity index (χ0n) is 10.7. The molecule has 1 amide bonds. The van der Waals surface area contributed by atoms with Crippen LogP contribution in [0, 0.1) is 5.92 Å². The SMILES string of the molecule is NCC1(O)CCC(C(=O)Nc2ccccc2Br)CC1. The largest absolute Gasteiger partial charge is 0.389 e. The van der Waals surface area contributed by atoms with Gasteiger partial charge in [-0.15, -0.1) is 0 Å². The summed E-state index contributed by atoms with van der Waals surface area (Å²) >= 11 is 3.41. The number of anilines is 1. The fourth-order valence-electron chi connectivity index (χ4n) is 2.42. The molecular formula is C14H19BrN2O2. The molecule has 2 rings (SSSR count). The van der Waals surface area contributed by atoms with Gasteiger partial charge in [0.05, 0.1) is 11.3 Å². The molecule has 0 spiro atoms. The van der Waals surface area contributed by atoms with Crippen LogP contribution in [0.3, 0.4) is 0 Å².